The van der Waals surface area contributed by atoms with Crippen LogP contribution >= 0.6 is 15.9 Å². The van der Waals surface area contributed by atoms with Crippen LogP contribution in [0, 0.1) is 22.5 Å². The molecule has 0 radical (unpaired) electrons. The van der Waals surface area contributed by atoms with Gasteiger partial charge in [0.05, 0.1) is 11.5 Å². The number of amides is 1. The SMILES string of the molecule is C#CCNC(=O)COc1cccc([N+](=O)[O-])c1Br. The lowest BCUT2D eigenvalue weighted by molar-refractivity contribution is -0.385. The van der Waals surface area contributed by atoms with Crippen molar-refractivity contribution >= 4 is 27.5 Å². The Kier molecular flexibility index (Phi) is 5.14. The van der Waals surface area contributed by atoms with Crippen LogP contribution in [0.4, 0.5) is 5.69 Å². The summed E-state index contributed by atoms with van der Waals surface area (Å²) in [5, 5.41) is 13.1. The maximum atomic E-state index is 11.2. The molecule has 0 aliphatic carbocycles. The number of carbonyl (C=O) groups is 1. The Hall–Kier alpha value is -2.07. The van der Waals surface area contributed by atoms with Gasteiger partial charge >= 0.3 is 0 Å². The van der Waals surface area contributed by atoms with Crippen molar-refractivity contribution in [2.75, 3.05) is 13.2 Å². The average molecular weight is 313 g/mol. The molecule has 1 N–H and O–H groups in total. The van der Waals surface area contributed by atoms with E-state index >= 15 is 0 Å². The van der Waals surface area contributed by atoms with Crippen molar-refractivity contribution in [2.45, 2.75) is 0 Å². The molecule has 1 amide bonds. The first kappa shape index (κ1) is 14.0. The van der Waals surface area contributed by atoms with Crippen LogP contribution in [-0.2, 0) is 4.79 Å². The van der Waals surface area contributed by atoms with Crippen LogP contribution in [0.2, 0.25) is 0 Å². The Morgan fingerprint density at radius 2 is 2.33 bits per heavy atom. The maximum Gasteiger partial charge on any atom is 0.287 e. The van der Waals surface area contributed by atoms with E-state index in [0.717, 1.165) is 0 Å². The summed E-state index contributed by atoms with van der Waals surface area (Å²) in [6, 6.07) is 4.32. The minimum Gasteiger partial charge on any atom is -0.482 e. The molecule has 0 aliphatic heterocycles. The largest absolute Gasteiger partial charge is 0.482 e. The third-order valence-electron chi connectivity index (χ3n) is 1.89. The predicted molar refractivity (Wildman–Crippen MR) is 68.1 cm³/mol. The number of hydrogen-bond acceptors (Lipinski definition) is 4. The highest BCUT2D eigenvalue weighted by Gasteiger charge is 2.16. The number of carbonyl (C=O) groups excluding carboxylic acids is 1. The number of ether oxygens (including phenoxy) is 1. The number of nitrogens with zero attached hydrogens (tertiary/aromatic N) is 1. The van der Waals surface area contributed by atoms with E-state index in [-0.39, 0.29) is 29.1 Å². The summed E-state index contributed by atoms with van der Waals surface area (Å²) in [5.41, 5.74) is -0.128. The lowest BCUT2D eigenvalue weighted by Gasteiger charge is -2.07. The standard InChI is InChI=1S/C11H9BrN2O4/c1-2-6-13-10(15)7-18-9-5-3-4-8(11(9)12)14(16)17/h1,3-5H,6-7H2,(H,13,15). The van der Waals surface area contributed by atoms with Gasteiger partial charge in [0, 0.05) is 6.07 Å². The number of nitro benzene ring substituents is 1. The van der Waals surface area contributed by atoms with Crippen LogP contribution in [0.15, 0.2) is 22.7 Å². The summed E-state index contributed by atoms with van der Waals surface area (Å²) in [5.74, 6) is 2.07. The summed E-state index contributed by atoms with van der Waals surface area (Å²) in [6.07, 6.45) is 4.97. The number of benzene rings is 1. The molecule has 7 heteroatoms. The second kappa shape index (κ2) is 6.61. The zero-order valence-corrected chi connectivity index (χ0v) is 10.8. The molecule has 0 saturated heterocycles. The minimum absolute atomic E-state index is 0.109. The van der Waals surface area contributed by atoms with E-state index in [1.807, 2.05) is 0 Å². The average Bonchev–Trinajstić information content (AvgIpc) is 2.34. The molecule has 94 valence electrons. The van der Waals surface area contributed by atoms with Crippen molar-refractivity contribution in [3.63, 3.8) is 0 Å². The Morgan fingerprint density at radius 3 is 2.94 bits per heavy atom. The Labute approximate surface area is 112 Å². The van der Waals surface area contributed by atoms with Crippen LogP contribution in [0.3, 0.4) is 0 Å². The molecule has 0 saturated carbocycles. The van der Waals surface area contributed by atoms with Crippen LogP contribution in [0.5, 0.6) is 5.75 Å². The predicted octanol–water partition coefficient (Wildman–Crippen LogP) is 1.49. The molecule has 1 aromatic carbocycles. The van der Waals surface area contributed by atoms with Gasteiger partial charge in [0.1, 0.15) is 10.2 Å². The van der Waals surface area contributed by atoms with Gasteiger partial charge in [-0.25, -0.2) is 0 Å². The number of terminal acetylenes is 1. The van der Waals surface area contributed by atoms with E-state index < -0.39 is 10.8 Å². The molecule has 0 aromatic heterocycles. The van der Waals surface area contributed by atoms with Gasteiger partial charge in [-0.1, -0.05) is 12.0 Å². The van der Waals surface area contributed by atoms with E-state index in [9.17, 15) is 14.9 Å². The first-order valence-corrected chi connectivity index (χ1v) is 5.61. The molecule has 0 aliphatic rings. The molecule has 6 nitrogen and oxygen atoms in total. The van der Waals surface area contributed by atoms with Crippen LogP contribution < -0.4 is 10.1 Å². The number of nitro groups is 1. The van der Waals surface area contributed by atoms with E-state index in [2.05, 4.69) is 27.2 Å². The summed E-state index contributed by atoms with van der Waals surface area (Å²) in [4.78, 5) is 21.4. The van der Waals surface area contributed by atoms with Gasteiger partial charge in [-0.3, -0.25) is 14.9 Å². The summed E-state index contributed by atoms with van der Waals surface area (Å²) in [6.45, 7) is -0.153. The van der Waals surface area contributed by atoms with Gasteiger partial charge in [0.25, 0.3) is 11.6 Å². The molecular formula is C11H9BrN2O4. The third-order valence-corrected chi connectivity index (χ3v) is 2.68. The normalized spacial score (nSPS) is 9.33. The van der Waals surface area contributed by atoms with E-state index in [0.29, 0.717) is 0 Å². The molecule has 0 fully saturated rings. The van der Waals surface area contributed by atoms with Gasteiger partial charge in [0.2, 0.25) is 0 Å². The molecule has 0 atom stereocenters. The number of nitrogens with one attached hydrogen (secondary N) is 1. The number of rotatable bonds is 5. The zero-order chi connectivity index (χ0) is 13.5. The molecule has 18 heavy (non-hydrogen) atoms. The van der Waals surface area contributed by atoms with Crippen molar-refractivity contribution in [3.05, 3.63) is 32.8 Å². The second-order valence-corrected chi connectivity index (χ2v) is 3.91. The highest BCUT2D eigenvalue weighted by atomic mass is 79.9. The zero-order valence-electron chi connectivity index (χ0n) is 9.18. The van der Waals surface area contributed by atoms with Crippen LogP contribution in [0.1, 0.15) is 0 Å². The first-order chi connectivity index (χ1) is 8.56. The van der Waals surface area contributed by atoms with Crippen molar-refractivity contribution in [1.82, 2.24) is 5.32 Å². The molecule has 0 bridgehead atoms. The quantitative estimate of drug-likeness (QED) is 0.507. The van der Waals surface area contributed by atoms with E-state index in [1.165, 1.54) is 18.2 Å². The van der Waals surface area contributed by atoms with Crippen LogP contribution in [0.25, 0.3) is 0 Å². The molecular weight excluding hydrogens is 304 g/mol. The smallest absolute Gasteiger partial charge is 0.287 e. The van der Waals surface area contributed by atoms with Crippen LogP contribution in [-0.4, -0.2) is 24.0 Å². The van der Waals surface area contributed by atoms with Crippen molar-refractivity contribution in [3.8, 4) is 18.1 Å². The number of halogens is 1. The summed E-state index contributed by atoms with van der Waals surface area (Å²) < 4.78 is 5.35. The summed E-state index contributed by atoms with van der Waals surface area (Å²) >= 11 is 3.05. The molecule has 1 rings (SSSR count). The number of hydrogen-bond donors (Lipinski definition) is 1. The molecule has 0 unspecified atom stereocenters. The lowest BCUT2D eigenvalue weighted by atomic mass is 10.3. The van der Waals surface area contributed by atoms with Crippen molar-refractivity contribution in [1.29, 1.82) is 0 Å². The first-order valence-electron chi connectivity index (χ1n) is 4.82. The maximum absolute atomic E-state index is 11.2. The van der Waals surface area contributed by atoms with Crippen molar-refractivity contribution in [2.24, 2.45) is 0 Å². The summed E-state index contributed by atoms with van der Waals surface area (Å²) in [7, 11) is 0. The third kappa shape index (κ3) is 3.75. The fraction of sp³-hybridized carbons (Fsp3) is 0.182. The highest BCUT2D eigenvalue weighted by molar-refractivity contribution is 9.10. The monoisotopic (exact) mass is 312 g/mol. The lowest BCUT2D eigenvalue weighted by Crippen LogP contribution is -2.29. The van der Waals surface area contributed by atoms with E-state index in [1.54, 1.807) is 0 Å². The minimum atomic E-state index is -0.546. The fourth-order valence-electron chi connectivity index (χ4n) is 1.10. The van der Waals surface area contributed by atoms with E-state index in [4.69, 9.17) is 11.2 Å². The highest BCUT2D eigenvalue weighted by Crippen LogP contribution is 2.33. The Bertz CT molecular complexity index is 510. The fourth-order valence-corrected chi connectivity index (χ4v) is 1.62. The molecule has 0 spiro atoms. The Balaban J connectivity index is 2.69. The van der Waals surface area contributed by atoms with Crippen molar-refractivity contribution < 1.29 is 14.5 Å². The van der Waals surface area contributed by atoms with Gasteiger partial charge < -0.3 is 10.1 Å². The van der Waals surface area contributed by atoms with Gasteiger partial charge in [-0.05, 0) is 22.0 Å². The van der Waals surface area contributed by atoms with Gasteiger partial charge in [-0.15, -0.1) is 6.42 Å². The Morgan fingerprint density at radius 1 is 1.61 bits per heavy atom. The second-order valence-electron chi connectivity index (χ2n) is 3.12. The topological polar surface area (TPSA) is 81.5 Å². The molecule has 1 aromatic rings. The molecule has 0 heterocycles. The van der Waals surface area contributed by atoms with Gasteiger partial charge in [0.15, 0.2) is 6.61 Å². The van der Waals surface area contributed by atoms with Gasteiger partial charge in [-0.2, -0.15) is 0 Å².